The van der Waals surface area contributed by atoms with E-state index in [-0.39, 0.29) is 30.4 Å². The SMILES string of the molecule is Cc1cc2c(cnn2C2CCCCO2)cc1C1CC(=O)NC1=O. The standard InChI is InChI=1S/C17H19N3O3/c1-10-6-14-11(7-12(10)13-8-15(21)19-17(13)22)9-18-20(14)16-4-2-3-5-23-16/h6-7,9,13,16H,2-5,8H2,1H3,(H,19,21,22). The molecular weight excluding hydrogens is 294 g/mol. The minimum atomic E-state index is -0.388. The minimum absolute atomic E-state index is 0.0112. The van der Waals surface area contributed by atoms with E-state index in [0.717, 1.165) is 47.9 Å². The van der Waals surface area contributed by atoms with E-state index in [4.69, 9.17) is 4.74 Å². The number of carbonyl (C=O) groups is 2. The van der Waals surface area contributed by atoms with Crippen LogP contribution in [0.4, 0.5) is 0 Å². The van der Waals surface area contributed by atoms with Gasteiger partial charge in [-0.2, -0.15) is 5.10 Å². The van der Waals surface area contributed by atoms with Crippen molar-refractivity contribution in [1.29, 1.82) is 0 Å². The lowest BCUT2D eigenvalue weighted by molar-refractivity contribution is -0.125. The minimum Gasteiger partial charge on any atom is -0.356 e. The maximum Gasteiger partial charge on any atom is 0.234 e. The van der Waals surface area contributed by atoms with E-state index in [1.54, 1.807) is 0 Å². The van der Waals surface area contributed by atoms with E-state index in [1.807, 2.05) is 29.9 Å². The molecule has 2 aliphatic heterocycles. The first kappa shape index (κ1) is 14.4. The third kappa shape index (κ3) is 2.43. The van der Waals surface area contributed by atoms with Crippen molar-refractivity contribution in [2.45, 2.75) is 44.8 Å². The van der Waals surface area contributed by atoms with Gasteiger partial charge in [-0.15, -0.1) is 0 Å². The Morgan fingerprint density at radius 3 is 2.87 bits per heavy atom. The number of nitrogens with zero attached hydrogens (tertiary/aromatic N) is 2. The second-order valence-electron chi connectivity index (χ2n) is 6.35. The quantitative estimate of drug-likeness (QED) is 0.862. The third-order valence-corrected chi connectivity index (χ3v) is 4.76. The highest BCUT2D eigenvalue weighted by molar-refractivity contribution is 6.06. The van der Waals surface area contributed by atoms with Crippen molar-refractivity contribution in [2.75, 3.05) is 6.61 Å². The summed E-state index contributed by atoms with van der Waals surface area (Å²) in [4.78, 5) is 23.4. The molecule has 2 unspecified atom stereocenters. The molecule has 6 heteroatoms. The van der Waals surface area contributed by atoms with E-state index >= 15 is 0 Å². The summed E-state index contributed by atoms with van der Waals surface area (Å²) in [7, 11) is 0. The van der Waals surface area contributed by atoms with Crippen LogP contribution in [-0.4, -0.2) is 28.2 Å². The molecular formula is C17H19N3O3. The molecule has 120 valence electrons. The molecule has 2 amide bonds. The molecule has 23 heavy (non-hydrogen) atoms. The van der Waals surface area contributed by atoms with Crippen LogP contribution in [0.3, 0.4) is 0 Å². The second-order valence-corrected chi connectivity index (χ2v) is 6.35. The van der Waals surface area contributed by atoms with Gasteiger partial charge in [0, 0.05) is 18.4 Å². The maximum atomic E-state index is 12.0. The Morgan fingerprint density at radius 1 is 1.30 bits per heavy atom. The number of benzene rings is 1. The molecule has 1 aromatic heterocycles. The second kappa shape index (κ2) is 5.45. The van der Waals surface area contributed by atoms with Gasteiger partial charge in [0.15, 0.2) is 6.23 Å². The van der Waals surface area contributed by atoms with Gasteiger partial charge in [-0.05, 0) is 49.4 Å². The lowest BCUT2D eigenvalue weighted by Crippen LogP contribution is -2.21. The molecule has 0 radical (unpaired) electrons. The highest BCUT2D eigenvalue weighted by atomic mass is 16.5. The number of rotatable bonds is 2. The zero-order valence-electron chi connectivity index (χ0n) is 13.0. The van der Waals surface area contributed by atoms with Crippen LogP contribution in [0.5, 0.6) is 0 Å². The fraction of sp³-hybridized carbons (Fsp3) is 0.471. The van der Waals surface area contributed by atoms with Crippen molar-refractivity contribution in [2.24, 2.45) is 0 Å². The Kier molecular flexibility index (Phi) is 3.41. The van der Waals surface area contributed by atoms with Crippen LogP contribution < -0.4 is 5.32 Å². The van der Waals surface area contributed by atoms with Crippen molar-refractivity contribution in [3.8, 4) is 0 Å². The van der Waals surface area contributed by atoms with E-state index in [1.165, 1.54) is 0 Å². The summed E-state index contributed by atoms with van der Waals surface area (Å²) in [6.07, 6.45) is 5.24. The lowest BCUT2D eigenvalue weighted by Gasteiger charge is -2.23. The molecule has 2 atom stereocenters. The maximum absolute atomic E-state index is 12.0. The van der Waals surface area contributed by atoms with Crippen LogP contribution >= 0.6 is 0 Å². The topological polar surface area (TPSA) is 73.2 Å². The van der Waals surface area contributed by atoms with Crippen LogP contribution in [0, 0.1) is 6.92 Å². The number of hydrogen-bond donors (Lipinski definition) is 1. The number of imide groups is 1. The van der Waals surface area contributed by atoms with Crippen molar-refractivity contribution < 1.29 is 14.3 Å². The largest absolute Gasteiger partial charge is 0.356 e. The smallest absolute Gasteiger partial charge is 0.234 e. The van der Waals surface area contributed by atoms with Gasteiger partial charge in [-0.3, -0.25) is 14.9 Å². The number of aromatic nitrogens is 2. The fourth-order valence-corrected chi connectivity index (χ4v) is 3.54. The third-order valence-electron chi connectivity index (χ3n) is 4.76. The van der Waals surface area contributed by atoms with Gasteiger partial charge in [0.1, 0.15) is 0 Å². The van der Waals surface area contributed by atoms with E-state index in [2.05, 4.69) is 10.4 Å². The zero-order chi connectivity index (χ0) is 16.0. The van der Waals surface area contributed by atoms with Crippen molar-refractivity contribution >= 4 is 22.7 Å². The first-order valence-corrected chi connectivity index (χ1v) is 8.06. The molecule has 2 saturated heterocycles. The van der Waals surface area contributed by atoms with E-state index < -0.39 is 0 Å². The molecule has 4 rings (SSSR count). The summed E-state index contributed by atoms with van der Waals surface area (Å²) in [5.74, 6) is -0.799. The van der Waals surface area contributed by atoms with Gasteiger partial charge in [0.05, 0.1) is 17.6 Å². The van der Waals surface area contributed by atoms with Gasteiger partial charge >= 0.3 is 0 Å². The monoisotopic (exact) mass is 313 g/mol. The number of fused-ring (bicyclic) bond motifs is 1. The Hall–Kier alpha value is -2.21. The number of ether oxygens (including phenoxy) is 1. The first-order valence-electron chi connectivity index (χ1n) is 8.06. The van der Waals surface area contributed by atoms with E-state index in [0.29, 0.717) is 0 Å². The summed E-state index contributed by atoms with van der Waals surface area (Å²) < 4.78 is 7.76. The van der Waals surface area contributed by atoms with Crippen LogP contribution in [0.2, 0.25) is 0 Å². The number of aryl methyl sites for hydroxylation is 1. The summed E-state index contributed by atoms with van der Waals surface area (Å²) >= 11 is 0. The molecule has 3 heterocycles. The summed E-state index contributed by atoms with van der Waals surface area (Å²) in [5.41, 5.74) is 2.93. The average Bonchev–Trinajstić information content (AvgIpc) is 3.10. The highest BCUT2D eigenvalue weighted by Gasteiger charge is 2.33. The molecule has 2 aliphatic rings. The predicted octanol–water partition coefficient (Wildman–Crippen LogP) is 2.17. The number of nitrogens with one attached hydrogen (secondary N) is 1. The van der Waals surface area contributed by atoms with E-state index in [9.17, 15) is 9.59 Å². The molecule has 0 aliphatic carbocycles. The normalized spacial score (nSPS) is 25.1. The number of hydrogen-bond acceptors (Lipinski definition) is 4. The fourth-order valence-electron chi connectivity index (χ4n) is 3.54. The molecule has 0 spiro atoms. The van der Waals surface area contributed by atoms with Gasteiger partial charge in [-0.1, -0.05) is 0 Å². The van der Waals surface area contributed by atoms with Crippen LogP contribution in [-0.2, 0) is 14.3 Å². The van der Waals surface area contributed by atoms with Gasteiger partial charge in [-0.25, -0.2) is 4.68 Å². The van der Waals surface area contributed by atoms with Crippen molar-refractivity contribution in [1.82, 2.24) is 15.1 Å². The molecule has 0 saturated carbocycles. The molecule has 1 aromatic carbocycles. The summed E-state index contributed by atoms with van der Waals surface area (Å²) in [5, 5.41) is 7.84. The van der Waals surface area contributed by atoms with Crippen LogP contribution in [0.25, 0.3) is 10.9 Å². The van der Waals surface area contributed by atoms with Crippen molar-refractivity contribution in [3.05, 3.63) is 29.5 Å². The zero-order valence-corrected chi connectivity index (χ0v) is 13.0. The van der Waals surface area contributed by atoms with Crippen molar-refractivity contribution in [3.63, 3.8) is 0 Å². The first-order chi connectivity index (χ1) is 11.1. The molecule has 2 fully saturated rings. The van der Waals surface area contributed by atoms with Gasteiger partial charge < -0.3 is 4.74 Å². The van der Waals surface area contributed by atoms with Gasteiger partial charge in [0.2, 0.25) is 11.8 Å². The Morgan fingerprint density at radius 2 is 2.17 bits per heavy atom. The predicted molar refractivity (Wildman–Crippen MR) is 83.8 cm³/mol. The number of amides is 2. The Labute approximate surface area is 133 Å². The molecule has 2 aromatic rings. The Balaban J connectivity index is 1.74. The van der Waals surface area contributed by atoms with Crippen LogP contribution in [0.1, 0.15) is 49.0 Å². The van der Waals surface area contributed by atoms with Gasteiger partial charge in [0.25, 0.3) is 0 Å². The van der Waals surface area contributed by atoms with Crippen LogP contribution in [0.15, 0.2) is 18.3 Å². The summed E-state index contributed by atoms with van der Waals surface area (Å²) in [6, 6.07) is 4.03. The molecule has 1 N–H and O–H groups in total. The Bertz CT molecular complexity index is 790. The average molecular weight is 313 g/mol. The lowest BCUT2D eigenvalue weighted by atomic mass is 9.92. The number of carbonyl (C=O) groups excluding carboxylic acids is 2. The highest BCUT2D eigenvalue weighted by Crippen LogP contribution is 2.32. The molecule has 0 bridgehead atoms. The summed E-state index contributed by atoms with van der Waals surface area (Å²) in [6.45, 7) is 2.75. The molecule has 6 nitrogen and oxygen atoms in total.